The molecule has 25 heavy (non-hydrogen) atoms. The first-order chi connectivity index (χ1) is 11.4. The lowest BCUT2D eigenvalue weighted by Crippen LogP contribution is -2.28. The number of amides is 2. The molecule has 1 saturated carbocycles. The molecule has 1 aromatic rings. The number of carbonyl (C=O) groups is 2. The normalized spacial score (nSPS) is 14.6. The number of rotatable bonds is 5. The SMILES string of the molecule is CC(C)(C)OC(=O)Nc1ccc(OS(C)(=O)=O)c(C(=O)NC2CC2)c1. The van der Waals surface area contributed by atoms with Gasteiger partial charge in [-0.15, -0.1) is 0 Å². The summed E-state index contributed by atoms with van der Waals surface area (Å²) < 4.78 is 32.8. The van der Waals surface area contributed by atoms with Crippen molar-refractivity contribution in [2.45, 2.75) is 45.3 Å². The van der Waals surface area contributed by atoms with Crippen molar-refractivity contribution in [2.75, 3.05) is 11.6 Å². The van der Waals surface area contributed by atoms with Gasteiger partial charge < -0.3 is 14.2 Å². The fourth-order valence-corrected chi connectivity index (χ4v) is 2.40. The summed E-state index contributed by atoms with van der Waals surface area (Å²) in [5.74, 6) is -0.565. The highest BCUT2D eigenvalue weighted by Gasteiger charge is 2.26. The van der Waals surface area contributed by atoms with Crippen LogP contribution < -0.4 is 14.8 Å². The molecule has 0 spiro atoms. The maximum atomic E-state index is 12.3. The van der Waals surface area contributed by atoms with Gasteiger partial charge in [0.25, 0.3) is 5.91 Å². The van der Waals surface area contributed by atoms with Gasteiger partial charge in [-0.3, -0.25) is 10.1 Å². The first-order valence-corrected chi connectivity index (χ1v) is 9.59. The molecule has 0 aliphatic heterocycles. The maximum Gasteiger partial charge on any atom is 0.412 e. The van der Waals surface area contributed by atoms with Crippen LogP contribution in [0.1, 0.15) is 44.0 Å². The number of ether oxygens (including phenoxy) is 1. The summed E-state index contributed by atoms with van der Waals surface area (Å²) in [7, 11) is -3.80. The maximum absolute atomic E-state index is 12.3. The molecule has 2 amide bonds. The van der Waals surface area contributed by atoms with Gasteiger partial charge in [-0.2, -0.15) is 8.42 Å². The van der Waals surface area contributed by atoms with Crippen molar-refractivity contribution in [1.29, 1.82) is 0 Å². The fourth-order valence-electron chi connectivity index (χ4n) is 1.93. The quantitative estimate of drug-likeness (QED) is 0.769. The second-order valence-corrected chi connectivity index (χ2v) is 8.45. The average Bonchev–Trinajstić information content (AvgIpc) is 3.20. The summed E-state index contributed by atoms with van der Waals surface area (Å²) in [6, 6.07) is 4.18. The van der Waals surface area contributed by atoms with Gasteiger partial charge in [0.15, 0.2) is 5.75 Å². The minimum atomic E-state index is -3.80. The Labute approximate surface area is 147 Å². The molecule has 0 aromatic heterocycles. The molecule has 0 saturated heterocycles. The molecule has 8 nitrogen and oxygen atoms in total. The molecule has 0 radical (unpaired) electrons. The molecule has 2 rings (SSSR count). The van der Waals surface area contributed by atoms with Gasteiger partial charge in [0, 0.05) is 11.7 Å². The van der Waals surface area contributed by atoms with Crippen LogP contribution in [0.4, 0.5) is 10.5 Å². The lowest BCUT2D eigenvalue weighted by molar-refractivity contribution is 0.0635. The van der Waals surface area contributed by atoms with E-state index in [1.165, 1.54) is 18.2 Å². The van der Waals surface area contributed by atoms with Crippen molar-refractivity contribution < 1.29 is 26.9 Å². The zero-order valence-corrected chi connectivity index (χ0v) is 15.4. The standard InChI is InChI=1S/C16H22N2O6S/c1-16(2,3)23-15(20)18-11-7-8-13(24-25(4,21)22)12(9-11)14(19)17-10-5-6-10/h7-10H,5-6H2,1-4H3,(H,17,19)(H,18,20). The van der Waals surface area contributed by atoms with E-state index in [0.717, 1.165) is 19.1 Å². The molecule has 0 unspecified atom stereocenters. The summed E-state index contributed by atoms with van der Waals surface area (Å²) in [4.78, 5) is 24.2. The number of carbonyl (C=O) groups excluding carboxylic acids is 2. The fraction of sp³-hybridized carbons (Fsp3) is 0.500. The van der Waals surface area contributed by atoms with E-state index in [1.807, 2.05) is 0 Å². The van der Waals surface area contributed by atoms with Crippen LogP contribution in [0.3, 0.4) is 0 Å². The first-order valence-electron chi connectivity index (χ1n) is 7.77. The Kier molecular flexibility index (Phi) is 5.26. The van der Waals surface area contributed by atoms with Gasteiger partial charge in [-0.25, -0.2) is 4.79 Å². The van der Waals surface area contributed by atoms with Gasteiger partial charge in [0.05, 0.1) is 11.8 Å². The van der Waals surface area contributed by atoms with Crippen molar-refractivity contribution in [3.63, 3.8) is 0 Å². The Morgan fingerprint density at radius 2 is 1.84 bits per heavy atom. The Bertz CT molecular complexity index is 778. The number of nitrogens with one attached hydrogen (secondary N) is 2. The zero-order valence-electron chi connectivity index (χ0n) is 14.6. The predicted molar refractivity (Wildman–Crippen MR) is 92.3 cm³/mol. The van der Waals surface area contributed by atoms with Crippen LogP contribution in [0, 0.1) is 0 Å². The molecule has 0 atom stereocenters. The molecule has 0 bridgehead atoms. The predicted octanol–water partition coefficient (Wildman–Crippen LogP) is 2.26. The molecule has 9 heteroatoms. The summed E-state index contributed by atoms with van der Waals surface area (Å²) in [5, 5.41) is 5.26. The minimum absolute atomic E-state index is 0.0193. The number of hydrogen-bond acceptors (Lipinski definition) is 6. The zero-order chi connectivity index (χ0) is 18.8. The summed E-state index contributed by atoms with van der Waals surface area (Å²) in [6.07, 6.45) is 1.97. The smallest absolute Gasteiger partial charge is 0.412 e. The molecule has 138 valence electrons. The van der Waals surface area contributed by atoms with Crippen molar-refractivity contribution in [2.24, 2.45) is 0 Å². The molecule has 1 aliphatic rings. The van der Waals surface area contributed by atoms with Gasteiger partial charge in [0.2, 0.25) is 0 Å². The van der Waals surface area contributed by atoms with Gasteiger partial charge in [-0.05, 0) is 51.8 Å². The van der Waals surface area contributed by atoms with E-state index in [1.54, 1.807) is 20.8 Å². The van der Waals surface area contributed by atoms with Crippen molar-refractivity contribution in [1.82, 2.24) is 5.32 Å². The van der Waals surface area contributed by atoms with Crippen LogP contribution in [0.25, 0.3) is 0 Å². The van der Waals surface area contributed by atoms with Crippen LogP contribution in [0.2, 0.25) is 0 Å². The van der Waals surface area contributed by atoms with E-state index >= 15 is 0 Å². The van der Waals surface area contributed by atoms with E-state index < -0.39 is 27.7 Å². The summed E-state index contributed by atoms with van der Waals surface area (Å²) in [5.41, 5.74) is -0.364. The van der Waals surface area contributed by atoms with Gasteiger partial charge in [-0.1, -0.05) is 0 Å². The molecule has 1 fully saturated rings. The molecule has 1 aromatic carbocycles. The largest absolute Gasteiger partial charge is 0.444 e. The topological polar surface area (TPSA) is 111 Å². The highest BCUT2D eigenvalue weighted by Crippen LogP contribution is 2.26. The number of benzene rings is 1. The Balaban J connectivity index is 2.24. The van der Waals surface area contributed by atoms with Crippen LogP contribution in [-0.2, 0) is 14.9 Å². The molecule has 2 N–H and O–H groups in total. The van der Waals surface area contributed by atoms with Gasteiger partial charge >= 0.3 is 16.2 Å². The van der Waals surface area contributed by atoms with Crippen LogP contribution >= 0.6 is 0 Å². The molecule has 0 heterocycles. The van der Waals surface area contributed by atoms with Crippen molar-refractivity contribution >= 4 is 27.8 Å². The minimum Gasteiger partial charge on any atom is -0.444 e. The number of anilines is 1. The van der Waals surface area contributed by atoms with E-state index in [2.05, 4.69) is 10.6 Å². The third kappa shape index (κ3) is 6.61. The first kappa shape index (κ1) is 19.0. The number of hydrogen-bond donors (Lipinski definition) is 2. The Morgan fingerprint density at radius 1 is 1.20 bits per heavy atom. The van der Waals surface area contributed by atoms with Crippen LogP contribution in [-0.4, -0.2) is 38.3 Å². The van der Waals surface area contributed by atoms with Crippen LogP contribution in [0.5, 0.6) is 5.75 Å². The van der Waals surface area contributed by atoms with E-state index in [0.29, 0.717) is 0 Å². The third-order valence-corrected chi connectivity index (χ3v) is 3.51. The lowest BCUT2D eigenvalue weighted by Gasteiger charge is -2.20. The highest BCUT2D eigenvalue weighted by atomic mass is 32.2. The second kappa shape index (κ2) is 6.91. The Hall–Kier alpha value is -2.29. The lowest BCUT2D eigenvalue weighted by atomic mass is 10.1. The highest BCUT2D eigenvalue weighted by molar-refractivity contribution is 7.86. The van der Waals surface area contributed by atoms with Crippen LogP contribution in [0.15, 0.2) is 18.2 Å². The molecular formula is C16H22N2O6S. The van der Waals surface area contributed by atoms with Crippen molar-refractivity contribution in [3.8, 4) is 5.75 Å². The monoisotopic (exact) mass is 370 g/mol. The van der Waals surface area contributed by atoms with E-state index in [9.17, 15) is 18.0 Å². The third-order valence-electron chi connectivity index (χ3n) is 3.02. The Morgan fingerprint density at radius 3 is 2.36 bits per heavy atom. The van der Waals surface area contributed by atoms with Gasteiger partial charge in [0.1, 0.15) is 5.60 Å². The summed E-state index contributed by atoms with van der Waals surface area (Å²) in [6.45, 7) is 5.18. The molecule has 1 aliphatic carbocycles. The second-order valence-electron chi connectivity index (χ2n) is 6.87. The van der Waals surface area contributed by atoms with E-state index in [-0.39, 0.29) is 23.0 Å². The molecular weight excluding hydrogens is 348 g/mol. The average molecular weight is 370 g/mol. The van der Waals surface area contributed by atoms with E-state index in [4.69, 9.17) is 8.92 Å². The summed E-state index contributed by atoms with van der Waals surface area (Å²) >= 11 is 0. The van der Waals surface area contributed by atoms with Crippen molar-refractivity contribution in [3.05, 3.63) is 23.8 Å².